The third-order valence-electron chi connectivity index (χ3n) is 2.09. The molecular formula is C11H15Cl2NO2. The Hall–Kier alpha value is -0.320. The van der Waals surface area contributed by atoms with Crippen LogP contribution in [-0.2, 0) is 9.47 Å². The molecule has 0 aliphatic rings. The van der Waals surface area contributed by atoms with Crippen molar-refractivity contribution in [3.63, 3.8) is 0 Å². The molecular weight excluding hydrogens is 249 g/mol. The first kappa shape index (κ1) is 13.7. The molecule has 1 unspecified atom stereocenters. The van der Waals surface area contributed by atoms with Crippen LogP contribution in [-0.4, -0.2) is 26.9 Å². The molecule has 1 rings (SSSR count). The van der Waals surface area contributed by atoms with Gasteiger partial charge in [-0.3, -0.25) is 0 Å². The molecule has 3 nitrogen and oxygen atoms in total. The molecule has 90 valence electrons. The van der Waals surface area contributed by atoms with Crippen molar-refractivity contribution in [2.45, 2.75) is 6.04 Å². The predicted molar refractivity (Wildman–Crippen MR) is 66.1 cm³/mol. The molecule has 1 aromatic rings. The smallest absolute Gasteiger partial charge is 0.0701 e. The highest BCUT2D eigenvalue weighted by Crippen LogP contribution is 2.25. The zero-order valence-electron chi connectivity index (χ0n) is 9.08. The van der Waals surface area contributed by atoms with Gasteiger partial charge in [-0.05, 0) is 23.8 Å². The first-order valence-corrected chi connectivity index (χ1v) is 5.68. The maximum absolute atomic E-state index is 6.01. The van der Waals surface area contributed by atoms with E-state index in [1.54, 1.807) is 25.3 Å². The highest BCUT2D eigenvalue weighted by molar-refractivity contribution is 6.33. The van der Waals surface area contributed by atoms with Crippen LogP contribution in [0.5, 0.6) is 0 Å². The lowest BCUT2D eigenvalue weighted by Crippen LogP contribution is -2.19. The van der Waals surface area contributed by atoms with E-state index in [1.807, 2.05) is 0 Å². The SMILES string of the molecule is COCCOCC(N)c1cc(Cl)ccc1Cl. The Morgan fingerprint density at radius 3 is 2.75 bits per heavy atom. The number of ether oxygens (including phenoxy) is 2. The molecule has 0 spiro atoms. The number of rotatable bonds is 6. The third-order valence-corrected chi connectivity index (χ3v) is 2.67. The topological polar surface area (TPSA) is 44.5 Å². The molecule has 0 radical (unpaired) electrons. The van der Waals surface area contributed by atoms with Crippen LogP contribution < -0.4 is 5.73 Å². The van der Waals surface area contributed by atoms with E-state index in [-0.39, 0.29) is 6.04 Å². The molecule has 0 heterocycles. The summed E-state index contributed by atoms with van der Waals surface area (Å²) in [5, 5.41) is 1.22. The van der Waals surface area contributed by atoms with Crippen molar-refractivity contribution >= 4 is 23.2 Å². The molecule has 0 amide bonds. The minimum absolute atomic E-state index is 0.275. The van der Waals surface area contributed by atoms with Crippen LogP contribution in [0.1, 0.15) is 11.6 Å². The van der Waals surface area contributed by atoms with E-state index in [9.17, 15) is 0 Å². The van der Waals surface area contributed by atoms with Crippen LogP contribution >= 0.6 is 23.2 Å². The summed E-state index contributed by atoms with van der Waals surface area (Å²) in [7, 11) is 1.62. The van der Waals surface area contributed by atoms with Gasteiger partial charge >= 0.3 is 0 Å². The second-order valence-corrected chi connectivity index (χ2v) is 4.18. The summed E-state index contributed by atoms with van der Waals surface area (Å²) in [6, 6.07) is 4.94. The van der Waals surface area contributed by atoms with Crippen LogP contribution in [0.2, 0.25) is 10.0 Å². The Balaban J connectivity index is 2.51. The summed E-state index contributed by atoms with van der Waals surface area (Å²) in [4.78, 5) is 0. The molecule has 16 heavy (non-hydrogen) atoms. The summed E-state index contributed by atoms with van der Waals surface area (Å²) < 4.78 is 10.2. The monoisotopic (exact) mass is 263 g/mol. The third kappa shape index (κ3) is 4.28. The average Bonchev–Trinajstić information content (AvgIpc) is 2.27. The maximum atomic E-state index is 6.01. The molecule has 0 saturated heterocycles. The van der Waals surface area contributed by atoms with E-state index in [0.29, 0.717) is 29.9 Å². The molecule has 1 atom stereocenters. The van der Waals surface area contributed by atoms with Gasteiger partial charge in [-0.15, -0.1) is 0 Å². The zero-order chi connectivity index (χ0) is 12.0. The van der Waals surface area contributed by atoms with Crippen molar-refractivity contribution in [1.29, 1.82) is 0 Å². The van der Waals surface area contributed by atoms with Crippen LogP contribution in [0.3, 0.4) is 0 Å². The standard InChI is InChI=1S/C11H15Cl2NO2/c1-15-4-5-16-7-11(14)9-6-8(12)2-3-10(9)13/h2-3,6,11H,4-5,7,14H2,1H3. The molecule has 0 fully saturated rings. The van der Waals surface area contributed by atoms with Crippen LogP contribution in [0.4, 0.5) is 0 Å². The Labute approximate surface area is 105 Å². The maximum Gasteiger partial charge on any atom is 0.0701 e. The highest BCUT2D eigenvalue weighted by Gasteiger charge is 2.10. The minimum Gasteiger partial charge on any atom is -0.382 e. The van der Waals surface area contributed by atoms with Gasteiger partial charge in [-0.25, -0.2) is 0 Å². The summed E-state index contributed by atoms with van der Waals surface area (Å²) in [6.45, 7) is 1.46. The Bertz CT molecular complexity index is 334. The molecule has 0 bridgehead atoms. The molecule has 5 heteroatoms. The lowest BCUT2D eigenvalue weighted by molar-refractivity contribution is 0.0636. The normalized spacial score (nSPS) is 12.8. The fourth-order valence-electron chi connectivity index (χ4n) is 1.24. The quantitative estimate of drug-likeness (QED) is 0.803. The van der Waals surface area contributed by atoms with Crippen molar-refractivity contribution in [1.82, 2.24) is 0 Å². The van der Waals surface area contributed by atoms with E-state index in [2.05, 4.69) is 0 Å². The van der Waals surface area contributed by atoms with Crippen molar-refractivity contribution in [3.8, 4) is 0 Å². The first-order valence-electron chi connectivity index (χ1n) is 4.92. The Morgan fingerprint density at radius 2 is 2.06 bits per heavy atom. The second kappa shape index (κ2) is 7.09. The molecule has 0 aliphatic carbocycles. The highest BCUT2D eigenvalue weighted by atomic mass is 35.5. The van der Waals surface area contributed by atoms with Gasteiger partial charge in [0.25, 0.3) is 0 Å². The fraction of sp³-hybridized carbons (Fsp3) is 0.455. The van der Waals surface area contributed by atoms with E-state index in [0.717, 1.165) is 5.56 Å². The number of methoxy groups -OCH3 is 1. The molecule has 0 saturated carbocycles. The number of benzene rings is 1. The summed E-state index contributed by atoms with van der Waals surface area (Å²) in [5.74, 6) is 0. The van der Waals surface area contributed by atoms with E-state index >= 15 is 0 Å². The van der Waals surface area contributed by atoms with Crippen molar-refractivity contribution in [2.75, 3.05) is 26.9 Å². The Kier molecular flexibility index (Phi) is 6.09. The van der Waals surface area contributed by atoms with Gasteiger partial charge in [-0.1, -0.05) is 23.2 Å². The zero-order valence-corrected chi connectivity index (χ0v) is 10.6. The first-order chi connectivity index (χ1) is 7.65. The number of hydrogen-bond donors (Lipinski definition) is 1. The van der Waals surface area contributed by atoms with Crippen LogP contribution in [0.25, 0.3) is 0 Å². The van der Waals surface area contributed by atoms with Gasteiger partial charge in [0.15, 0.2) is 0 Å². The lowest BCUT2D eigenvalue weighted by atomic mass is 10.1. The number of nitrogens with two attached hydrogens (primary N) is 1. The lowest BCUT2D eigenvalue weighted by Gasteiger charge is -2.14. The van der Waals surface area contributed by atoms with Gasteiger partial charge in [0.05, 0.1) is 25.9 Å². The molecule has 1 aromatic carbocycles. The van der Waals surface area contributed by atoms with Gasteiger partial charge in [0, 0.05) is 17.2 Å². The fourth-order valence-corrected chi connectivity index (χ4v) is 1.68. The minimum atomic E-state index is -0.275. The predicted octanol–water partition coefficient (Wildman–Crippen LogP) is 2.66. The van der Waals surface area contributed by atoms with E-state index < -0.39 is 0 Å². The van der Waals surface area contributed by atoms with Gasteiger partial charge < -0.3 is 15.2 Å². The van der Waals surface area contributed by atoms with Crippen LogP contribution in [0.15, 0.2) is 18.2 Å². The van der Waals surface area contributed by atoms with Crippen molar-refractivity contribution < 1.29 is 9.47 Å². The van der Waals surface area contributed by atoms with Crippen molar-refractivity contribution in [2.24, 2.45) is 5.73 Å². The second-order valence-electron chi connectivity index (χ2n) is 3.34. The summed E-state index contributed by atoms with van der Waals surface area (Å²) >= 11 is 11.9. The summed E-state index contributed by atoms with van der Waals surface area (Å²) in [5.41, 5.74) is 6.74. The number of halogens is 2. The summed E-state index contributed by atoms with van der Waals surface area (Å²) in [6.07, 6.45) is 0. The van der Waals surface area contributed by atoms with Gasteiger partial charge in [0.1, 0.15) is 0 Å². The van der Waals surface area contributed by atoms with Crippen LogP contribution in [0, 0.1) is 0 Å². The van der Waals surface area contributed by atoms with Gasteiger partial charge in [0.2, 0.25) is 0 Å². The van der Waals surface area contributed by atoms with E-state index in [1.165, 1.54) is 0 Å². The molecule has 2 N–H and O–H groups in total. The average molecular weight is 264 g/mol. The van der Waals surface area contributed by atoms with Gasteiger partial charge in [-0.2, -0.15) is 0 Å². The Morgan fingerprint density at radius 1 is 1.31 bits per heavy atom. The molecule has 0 aliphatic heterocycles. The largest absolute Gasteiger partial charge is 0.382 e. The number of hydrogen-bond acceptors (Lipinski definition) is 3. The van der Waals surface area contributed by atoms with E-state index in [4.69, 9.17) is 38.4 Å². The van der Waals surface area contributed by atoms with Crippen molar-refractivity contribution in [3.05, 3.63) is 33.8 Å². The molecule has 0 aromatic heterocycles.